The molecular weight excluding hydrogens is 449 g/mol. The van der Waals surface area contributed by atoms with Crippen molar-refractivity contribution in [1.29, 1.82) is 0 Å². The van der Waals surface area contributed by atoms with Crippen LogP contribution in [0.4, 0.5) is 0 Å². The number of halogens is 1. The fraction of sp³-hybridized carbons (Fsp3) is 0.348. The first-order valence-electron chi connectivity index (χ1n) is 9.40. The Morgan fingerprint density at radius 2 is 1.78 bits per heavy atom. The van der Waals surface area contributed by atoms with Gasteiger partial charge in [-0.15, -0.1) is 0 Å². The van der Waals surface area contributed by atoms with Crippen molar-refractivity contribution in [2.75, 3.05) is 20.2 Å². The molecule has 27 heavy (non-hydrogen) atoms. The summed E-state index contributed by atoms with van der Waals surface area (Å²) in [5, 5.41) is 0. The molecule has 0 radical (unpaired) electrons. The molecular formula is C23H24INO2. The second kappa shape index (κ2) is 7.76. The van der Waals surface area contributed by atoms with E-state index in [1.807, 2.05) is 12.1 Å². The number of carbonyl (C=O) groups is 1. The van der Waals surface area contributed by atoms with Crippen molar-refractivity contribution in [1.82, 2.24) is 4.90 Å². The van der Waals surface area contributed by atoms with E-state index >= 15 is 0 Å². The summed E-state index contributed by atoms with van der Waals surface area (Å²) in [4.78, 5) is 15.6. The Morgan fingerprint density at radius 1 is 1.11 bits per heavy atom. The molecule has 3 atom stereocenters. The zero-order chi connectivity index (χ0) is 18.9. The van der Waals surface area contributed by atoms with Crippen molar-refractivity contribution in [2.45, 2.75) is 18.9 Å². The highest BCUT2D eigenvalue weighted by Crippen LogP contribution is 2.56. The summed E-state index contributed by atoms with van der Waals surface area (Å²) in [5.41, 5.74) is 2.00. The van der Waals surface area contributed by atoms with Gasteiger partial charge in [-0.2, -0.15) is 0 Å². The number of nitrogens with zero attached hydrogens (tertiary/aromatic N) is 1. The number of esters is 1. The van der Waals surface area contributed by atoms with Crippen LogP contribution in [0.3, 0.4) is 0 Å². The van der Waals surface area contributed by atoms with E-state index in [0.717, 1.165) is 26.1 Å². The highest BCUT2D eigenvalue weighted by atomic mass is 127. The van der Waals surface area contributed by atoms with E-state index in [9.17, 15) is 4.79 Å². The maximum atomic E-state index is 13.2. The third-order valence-electron chi connectivity index (χ3n) is 6.07. The smallest absolute Gasteiger partial charge is 0.314 e. The molecule has 1 fully saturated rings. The number of rotatable bonds is 4. The van der Waals surface area contributed by atoms with E-state index in [1.165, 1.54) is 21.8 Å². The minimum Gasteiger partial charge on any atom is -0.469 e. The molecule has 0 bridgehead atoms. The third-order valence-corrected chi connectivity index (χ3v) is 7.26. The highest BCUT2D eigenvalue weighted by molar-refractivity contribution is 14.1. The topological polar surface area (TPSA) is 29.5 Å². The van der Waals surface area contributed by atoms with Gasteiger partial charge in [0.15, 0.2) is 0 Å². The molecule has 1 saturated heterocycles. The van der Waals surface area contributed by atoms with Gasteiger partial charge in [0.1, 0.15) is 0 Å². The van der Waals surface area contributed by atoms with Crippen LogP contribution in [0.1, 0.15) is 23.5 Å². The number of hydrogen-bond donors (Lipinski definition) is 0. The van der Waals surface area contributed by atoms with Gasteiger partial charge in [-0.1, -0.05) is 66.7 Å². The van der Waals surface area contributed by atoms with Crippen LogP contribution >= 0.6 is 22.6 Å². The van der Waals surface area contributed by atoms with Gasteiger partial charge in [0.25, 0.3) is 0 Å². The van der Waals surface area contributed by atoms with Gasteiger partial charge in [0.2, 0.25) is 0 Å². The lowest BCUT2D eigenvalue weighted by molar-refractivity contribution is -0.155. The van der Waals surface area contributed by atoms with E-state index in [0.29, 0.717) is 0 Å². The molecule has 2 aromatic carbocycles. The number of hydrogen-bond acceptors (Lipinski definition) is 3. The average molecular weight is 473 g/mol. The van der Waals surface area contributed by atoms with Crippen LogP contribution in [-0.4, -0.2) is 31.1 Å². The third kappa shape index (κ3) is 3.34. The van der Waals surface area contributed by atoms with Gasteiger partial charge in [-0.25, -0.2) is 0 Å². The van der Waals surface area contributed by atoms with Crippen molar-refractivity contribution in [3.8, 4) is 0 Å². The van der Waals surface area contributed by atoms with E-state index in [4.69, 9.17) is 4.74 Å². The van der Waals surface area contributed by atoms with Crippen LogP contribution in [0.25, 0.3) is 0 Å². The van der Waals surface area contributed by atoms with Crippen LogP contribution in [0.2, 0.25) is 0 Å². The summed E-state index contributed by atoms with van der Waals surface area (Å²) in [6, 6.07) is 21.0. The number of ether oxygens (including phenoxy) is 1. The minimum atomic E-state index is -0.518. The lowest BCUT2D eigenvalue weighted by Gasteiger charge is -2.42. The largest absolute Gasteiger partial charge is 0.469 e. The monoisotopic (exact) mass is 473 g/mol. The average Bonchev–Trinajstić information content (AvgIpc) is 3.10. The number of fused-ring (bicyclic) bond motifs is 1. The van der Waals surface area contributed by atoms with Gasteiger partial charge in [-0.05, 0) is 43.7 Å². The standard InChI is InChI=1S/C23H24INO2/c1-27-22(26)23-16-25(14-17-8-4-2-5-9-17)15-20(23)21(24)13-12-19(23)18-10-6-3-7-11-18/h2-11,13,19-20H,12,14-16H2,1H3. The molecule has 0 amide bonds. The molecule has 4 heteroatoms. The molecule has 0 spiro atoms. The molecule has 3 unspecified atom stereocenters. The zero-order valence-electron chi connectivity index (χ0n) is 15.5. The van der Waals surface area contributed by atoms with Crippen molar-refractivity contribution < 1.29 is 9.53 Å². The zero-order valence-corrected chi connectivity index (χ0v) is 17.6. The molecule has 2 aromatic rings. The summed E-state index contributed by atoms with van der Waals surface area (Å²) in [6.07, 6.45) is 3.20. The molecule has 1 heterocycles. The lowest BCUT2D eigenvalue weighted by atomic mass is 9.62. The van der Waals surface area contributed by atoms with Gasteiger partial charge < -0.3 is 4.74 Å². The molecule has 0 saturated carbocycles. The Balaban J connectivity index is 1.73. The number of allylic oxidation sites excluding steroid dienone is 1. The van der Waals surface area contributed by atoms with Crippen molar-refractivity contribution in [3.63, 3.8) is 0 Å². The van der Waals surface area contributed by atoms with Crippen molar-refractivity contribution in [3.05, 3.63) is 81.4 Å². The number of likely N-dealkylation sites (tertiary alicyclic amines) is 1. The molecule has 2 aliphatic rings. The molecule has 4 rings (SSSR count). The van der Waals surface area contributed by atoms with Crippen LogP contribution in [0.5, 0.6) is 0 Å². The fourth-order valence-electron chi connectivity index (χ4n) is 4.86. The SMILES string of the molecule is COC(=O)C12CN(Cc3ccccc3)CC1C(I)=CCC2c1ccccc1. The molecule has 140 valence electrons. The summed E-state index contributed by atoms with van der Waals surface area (Å²) < 4.78 is 6.69. The van der Waals surface area contributed by atoms with Crippen molar-refractivity contribution in [2.24, 2.45) is 11.3 Å². The Hall–Kier alpha value is -1.66. The maximum Gasteiger partial charge on any atom is 0.314 e. The summed E-state index contributed by atoms with van der Waals surface area (Å²) >= 11 is 2.43. The van der Waals surface area contributed by atoms with Gasteiger partial charge in [-0.3, -0.25) is 9.69 Å². The van der Waals surface area contributed by atoms with Gasteiger partial charge >= 0.3 is 5.97 Å². The Morgan fingerprint density at radius 3 is 2.44 bits per heavy atom. The Kier molecular flexibility index (Phi) is 5.37. The van der Waals surface area contributed by atoms with E-state index in [2.05, 4.69) is 82.1 Å². The first-order valence-corrected chi connectivity index (χ1v) is 10.5. The minimum absolute atomic E-state index is 0.0702. The normalized spacial score (nSPS) is 27.7. The predicted molar refractivity (Wildman–Crippen MR) is 116 cm³/mol. The summed E-state index contributed by atoms with van der Waals surface area (Å²) in [6.45, 7) is 2.49. The first-order chi connectivity index (χ1) is 13.1. The number of benzene rings is 2. The first kappa shape index (κ1) is 18.7. The van der Waals surface area contributed by atoms with E-state index in [-0.39, 0.29) is 17.8 Å². The van der Waals surface area contributed by atoms with Crippen LogP contribution < -0.4 is 0 Å². The molecule has 0 N–H and O–H groups in total. The fourth-order valence-corrected chi connectivity index (χ4v) is 5.86. The van der Waals surface area contributed by atoms with Gasteiger partial charge in [0, 0.05) is 31.5 Å². The molecule has 0 aromatic heterocycles. The number of methoxy groups -OCH3 is 1. The quantitative estimate of drug-likeness (QED) is 0.473. The Bertz CT molecular complexity index is 836. The molecule has 3 nitrogen and oxygen atoms in total. The predicted octanol–water partition coefficient (Wildman–Crippen LogP) is 4.78. The Labute approximate surface area is 174 Å². The second-order valence-electron chi connectivity index (χ2n) is 7.53. The summed E-state index contributed by atoms with van der Waals surface area (Å²) in [7, 11) is 1.53. The molecule has 1 aliphatic heterocycles. The maximum absolute atomic E-state index is 13.2. The van der Waals surface area contributed by atoms with Crippen LogP contribution in [0.15, 0.2) is 70.3 Å². The van der Waals surface area contributed by atoms with E-state index in [1.54, 1.807) is 0 Å². The van der Waals surface area contributed by atoms with Crippen LogP contribution in [0, 0.1) is 11.3 Å². The molecule has 1 aliphatic carbocycles. The highest BCUT2D eigenvalue weighted by Gasteiger charge is 2.59. The van der Waals surface area contributed by atoms with Gasteiger partial charge in [0.05, 0.1) is 12.5 Å². The van der Waals surface area contributed by atoms with Crippen LogP contribution in [-0.2, 0) is 16.1 Å². The lowest BCUT2D eigenvalue weighted by Crippen LogP contribution is -2.46. The van der Waals surface area contributed by atoms with E-state index < -0.39 is 5.41 Å². The van der Waals surface area contributed by atoms with Crippen molar-refractivity contribution >= 4 is 28.6 Å². The second-order valence-corrected chi connectivity index (χ2v) is 8.77. The number of carbonyl (C=O) groups excluding carboxylic acids is 1. The summed E-state index contributed by atoms with van der Waals surface area (Å²) in [5.74, 6) is 0.267.